The van der Waals surface area contributed by atoms with Gasteiger partial charge in [0.25, 0.3) is 5.56 Å². The van der Waals surface area contributed by atoms with Gasteiger partial charge in [-0.15, -0.1) is 0 Å². The van der Waals surface area contributed by atoms with Crippen LogP contribution in [0.4, 0.5) is 4.39 Å². The van der Waals surface area contributed by atoms with Gasteiger partial charge in [-0.05, 0) is 55.5 Å². The van der Waals surface area contributed by atoms with Crippen molar-refractivity contribution in [1.82, 2.24) is 19.0 Å². The maximum atomic E-state index is 13.1. The fourth-order valence-corrected chi connectivity index (χ4v) is 4.24. The number of rotatable bonds is 4. The predicted molar refractivity (Wildman–Crippen MR) is 115 cm³/mol. The summed E-state index contributed by atoms with van der Waals surface area (Å²) in [5.41, 5.74) is 1.12. The number of benzene rings is 1. The number of aromatic nitrogens is 3. The zero-order chi connectivity index (χ0) is 22.1. The molecule has 1 atom stereocenters. The Morgan fingerprint density at radius 1 is 1.06 bits per heavy atom. The number of piperidine rings is 1. The van der Waals surface area contributed by atoms with E-state index in [1.54, 1.807) is 31.3 Å². The van der Waals surface area contributed by atoms with Crippen molar-refractivity contribution in [3.05, 3.63) is 74.3 Å². The fourth-order valence-electron chi connectivity index (χ4n) is 4.24. The molecule has 0 aliphatic carbocycles. The summed E-state index contributed by atoms with van der Waals surface area (Å²) in [6.45, 7) is 0.641. The normalized spacial score (nSPS) is 16.6. The van der Waals surface area contributed by atoms with Crippen molar-refractivity contribution < 1.29 is 9.18 Å². The van der Waals surface area contributed by atoms with Crippen LogP contribution >= 0.6 is 0 Å². The van der Waals surface area contributed by atoms with E-state index in [2.05, 4.69) is 4.98 Å². The fraction of sp³-hybridized carbons (Fsp3) is 0.391. The van der Waals surface area contributed by atoms with Crippen molar-refractivity contribution in [2.45, 2.75) is 38.1 Å². The van der Waals surface area contributed by atoms with Gasteiger partial charge in [-0.25, -0.2) is 14.2 Å². The van der Waals surface area contributed by atoms with E-state index in [1.165, 1.54) is 23.7 Å². The van der Waals surface area contributed by atoms with E-state index in [0.717, 1.165) is 29.4 Å². The lowest BCUT2D eigenvalue weighted by Crippen LogP contribution is -2.40. The predicted octanol–water partition coefficient (Wildman–Crippen LogP) is 2.46. The minimum atomic E-state index is -0.432. The van der Waals surface area contributed by atoms with Crippen LogP contribution in [0.1, 0.15) is 43.0 Å². The van der Waals surface area contributed by atoms with Crippen LogP contribution in [0.2, 0.25) is 0 Å². The Kier molecular flexibility index (Phi) is 5.71. The first-order valence-corrected chi connectivity index (χ1v) is 10.5. The summed E-state index contributed by atoms with van der Waals surface area (Å²) in [6, 6.07) is 9.47. The molecule has 0 radical (unpaired) electrons. The van der Waals surface area contributed by atoms with Gasteiger partial charge in [0.15, 0.2) is 0 Å². The number of likely N-dealkylation sites (tertiary alicyclic amines) is 1. The van der Waals surface area contributed by atoms with Crippen LogP contribution < -0.4 is 11.2 Å². The van der Waals surface area contributed by atoms with Crippen molar-refractivity contribution in [1.29, 1.82) is 0 Å². The molecule has 1 aliphatic rings. The Morgan fingerprint density at radius 2 is 1.81 bits per heavy atom. The third-order valence-electron chi connectivity index (χ3n) is 6.03. The molecule has 8 heteroatoms. The lowest BCUT2D eigenvalue weighted by atomic mass is 9.97. The third-order valence-corrected chi connectivity index (χ3v) is 6.03. The zero-order valence-corrected chi connectivity index (χ0v) is 17.7. The number of hydrogen-bond acceptors (Lipinski definition) is 4. The van der Waals surface area contributed by atoms with Gasteiger partial charge < -0.3 is 4.90 Å². The molecule has 1 saturated heterocycles. The number of carbonyl (C=O) groups is 1. The molecule has 0 N–H and O–H groups in total. The van der Waals surface area contributed by atoms with E-state index in [-0.39, 0.29) is 23.3 Å². The minimum absolute atomic E-state index is 0.0220. The van der Waals surface area contributed by atoms with Crippen LogP contribution in [0.3, 0.4) is 0 Å². The van der Waals surface area contributed by atoms with Gasteiger partial charge in [0.05, 0.1) is 17.1 Å². The molecule has 1 amide bonds. The van der Waals surface area contributed by atoms with Gasteiger partial charge in [0.1, 0.15) is 11.5 Å². The van der Waals surface area contributed by atoms with Crippen molar-refractivity contribution in [2.24, 2.45) is 14.1 Å². The second kappa shape index (κ2) is 8.45. The summed E-state index contributed by atoms with van der Waals surface area (Å²) in [5, 5.41) is 0.373. The SMILES string of the molecule is Cn1c(=O)c2ccc(C3CCCCN3C(=O)CCc3ccc(F)cc3)nc2n(C)c1=O. The Labute approximate surface area is 178 Å². The Bertz CT molecular complexity index is 1250. The van der Waals surface area contributed by atoms with Crippen LogP contribution in [0.5, 0.6) is 0 Å². The molecule has 0 bridgehead atoms. The van der Waals surface area contributed by atoms with E-state index in [1.807, 2.05) is 4.90 Å². The number of nitrogens with zero attached hydrogens (tertiary/aromatic N) is 4. The van der Waals surface area contributed by atoms with Gasteiger partial charge in [-0.1, -0.05) is 12.1 Å². The summed E-state index contributed by atoms with van der Waals surface area (Å²) in [4.78, 5) is 44.2. The molecule has 162 valence electrons. The number of pyridine rings is 1. The van der Waals surface area contributed by atoms with E-state index >= 15 is 0 Å². The Balaban J connectivity index is 1.61. The Hall–Kier alpha value is -3.29. The van der Waals surface area contributed by atoms with Crippen molar-refractivity contribution in [2.75, 3.05) is 6.54 Å². The first kappa shape index (κ1) is 21.0. The number of hydrogen-bond donors (Lipinski definition) is 0. The molecular weight excluding hydrogens is 399 g/mol. The third kappa shape index (κ3) is 4.02. The lowest BCUT2D eigenvalue weighted by molar-refractivity contribution is -0.135. The maximum absolute atomic E-state index is 13.1. The summed E-state index contributed by atoms with van der Waals surface area (Å²) in [6.07, 6.45) is 3.54. The summed E-state index contributed by atoms with van der Waals surface area (Å²) < 4.78 is 15.5. The van der Waals surface area contributed by atoms with Crippen LogP contribution in [0, 0.1) is 5.82 Å². The molecule has 0 saturated carbocycles. The lowest BCUT2D eigenvalue weighted by Gasteiger charge is -2.35. The quantitative estimate of drug-likeness (QED) is 0.645. The second-order valence-electron chi connectivity index (χ2n) is 8.04. The highest BCUT2D eigenvalue weighted by Gasteiger charge is 2.29. The van der Waals surface area contributed by atoms with Crippen molar-refractivity contribution in [3.8, 4) is 0 Å². The number of amides is 1. The summed E-state index contributed by atoms with van der Waals surface area (Å²) >= 11 is 0. The number of fused-ring (bicyclic) bond motifs is 1. The molecule has 3 heterocycles. The van der Waals surface area contributed by atoms with Gasteiger partial charge in [-0.3, -0.25) is 18.7 Å². The standard InChI is InChI=1S/C23H25FN4O3/c1-26-21-17(22(30)27(2)23(26)31)11-12-18(25-21)19-5-3-4-14-28(19)20(29)13-8-15-6-9-16(24)10-7-15/h6-7,9-12,19H,3-5,8,13-14H2,1-2H3. The van der Waals surface area contributed by atoms with Crippen LogP contribution in [-0.2, 0) is 25.3 Å². The van der Waals surface area contributed by atoms with Crippen LogP contribution in [0.15, 0.2) is 46.0 Å². The maximum Gasteiger partial charge on any atom is 0.332 e. The molecule has 4 rings (SSSR count). The van der Waals surface area contributed by atoms with E-state index in [4.69, 9.17) is 0 Å². The molecule has 1 fully saturated rings. The molecular formula is C23H25FN4O3. The molecule has 2 aromatic heterocycles. The highest BCUT2D eigenvalue weighted by molar-refractivity contribution is 5.78. The smallest absolute Gasteiger partial charge is 0.332 e. The summed E-state index contributed by atoms with van der Waals surface area (Å²) in [5.74, 6) is -0.272. The second-order valence-corrected chi connectivity index (χ2v) is 8.04. The topological polar surface area (TPSA) is 77.2 Å². The molecule has 1 unspecified atom stereocenters. The number of halogens is 1. The number of carbonyl (C=O) groups excluding carboxylic acids is 1. The number of aryl methyl sites for hydroxylation is 2. The summed E-state index contributed by atoms with van der Waals surface area (Å²) in [7, 11) is 3.04. The van der Waals surface area contributed by atoms with Crippen molar-refractivity contribution >= 4 is 16.9 Å². The van der Waals surface area contributed by atoms with Gasteiger partial charge in [0.2, 0.25) is 5.91 Å². The first-order chi connectivity index (χ1) is 14.9. The first-order valence-electron chi connectivity index (χ1n) is 10.5. The monoisotopic (exact) mass is 424 g/mol. The minimum Gasteiger partial charge on any atom is -0.334 e. The molecule has 3 aromatic rings. The Morgan fingerprint density at radius 3 is 2.55 bits per heavy atom. The molecule has 7 nitrogen and oxygen atoms in total. The molecule has 0 spiro atoms. The van der Waals surface area contributed by atoms with Gasteiger partial charge >= 0.3 is 5.69 Å². The average molecular weight is 424 g/mol. The van der Waals surface area contributed by atoms with Crippen molar-refractivity contribution in [3.63, 3.8) is 0 Å². The highest BCUT2D eigenvalue weighted by atomic mass is 19.1. The molecule has 31 heavy (non-hydrogen) atoms. The molecule has 1 aliphatic heterocycles. The average Bonchev–Trinajstić information content (AvgIpc) is 2.80. The van der Waals surface area contributed by atoms with Crippen LogP contribution in [0.25, 0.3) is 11.0 Å². The van der Waals surface area contributed by atoms with E-state index in [9.17, 15) is 18.8 Å². The zero-order valence-electron chi connectivity index (χ0n) is 17.7. The highest BCUT2D eigenvalue weighted by Crippen LogP contribution is 2.31. The molecule has 1 aromatic carbocycles. The van der Waals surface area contributed by atoms with E-state index < -0.39 is 5.69 Å². The largest absolute Gasteiger partial charge is 0.334 e. The van der Waals surface area contributed by atoms with Gasteiger partial charge in [0, 0.05) is 27.1 Å². The van der Waals surface area contributed by atoms with Gasteiger partial charge in [-0.2, -0.15) is 0 Å². The van der Waals surface area contributed by atoms with E-state index in [0.29, 0.717) is 36.1 Å². The van der Waals surface area contributed by atoms with Crippen LogP contribution in [-0.4, -0.2) is 31.5 Å².